The summed E-state index contributed by atoms with van der Waals surface area (Å²) in [6.07, 6.45) is 0. The van der Waals surface area contributed by atoms with Crippen LogP contribution in [0.3, 0.4) is 0 Å². The number of aliphatic carboxylic acids is 1. The summed E-state index contributed by atoms with van der Waals surface area (Å²) < 4.78 is 31.6. The Morgan fingerprint density at radius 1 is 1.45 bits per heavy atom. The predicted molar refractivity (Wildman–Crippen MR) is 35.7 cm³/mol. The van der Waals surface area contributed by atoms with Gasteiger partial charge < -0.3 is 10.4 Å². The second kappa shape index (κ2) is 6.04. The van der Waals surface area contributed by atoms with Crippen molar-refractivity contribution in [3.63, 3.8) is 0 Å². The minimum atomic E-state index is -4.67. The van der Waals surface area contributed by atoms with Gasteiger partial charge in [-0.3, -0.25) is 13.9 Å². The molecule has 0 aliphatic carbocycles. The minimum Gasteiger partial charge on any atom is -0.480 e. The van der Waals surface area contributed by atoms with Crippen LogP contribution in [0.1, 0.15) is 0 Å². The molecule has 0 rings (SSSR count). The first-order valence-corrected chi connectivity index (χ1v) is 3.73. The van der Waals surface area contributed by atoms with Crippen LogP contribution in [0.15, 0.2) is 0 Å². The molecule has 11 heavy (non-hydrogen) atoms. The van der Waals surface area contributed by atoms with Crippen LogP contribution in [-0.4, -0.2) is 42.2 Å². The second-order valence-corrected chi connectivity index (χ2v) is 2.27. The maximum atomic E-state index is 9.54. The Morgan fingerprint density at radius 3 is 1.73 bits per heavy atom. The van der Waals surface area contributed by atoms with E-state index in [9.17, 15) is 4.79 Å². The molecule has 0 aromatic heterocycles. The first kappa shape index (κ1) is 12.9. The lowest BCUT2D eigenvalue weighted by Crippen LogP contribution is -2.16. The highest BCUT2D eigenvalue weighted by Crippen LogP contribution is 1.59. The van der Waals surface area contributed by atoms with E-state index in [1.165, 1.54) is 0 Å². The van der Waals surface area contributed by atoms with Gasteiger partial charge in [0, 0.05) is 0 Å². The van der Waals surface area contributed by atoms with Crippen LogP contribution in [-0.2, 0) is 15.2 Å². The van der Waals surface area contributed by atoms with Gasteiger partial charge in [-0.1, -0.05) is 0 Å². The molecule has 0 heterocycles. The normalized spacial score (nSPS) is 9.73. The average Bonchev–Trinajstić information content (AvgIpc) is 1.58. The maximum absolute atomic E-state index is 9.54. The van der Waals surface area contributed by atoms with E-state index in [0.717, 1.165) is 0 Å². The number of carboxylic acid groups (broad SMARTS) is 1. The molecule has 0 aliphatic heterocycles. The molecule has 0 amide bonds. The van der Waals surface area contributed by atoms with Crippen LogP contribution < -0.4 is 5.32 Å². The van der Waals surface area contributed by atoms with Crippen molar-refractivity contribution in [2.24, 2.45) is 0 Å². The van der Waals surface area contributed by atoms with Crippen molar-refractivity contribution >= 4 is 16.4 Å². The lowest BCUT2D eigenvalue weighted by molar-refractivity contribution is -0.135. The summed E-state index contributed by atoms with van der Waals surface area (Å²) in [4.78, 5) is 9.54. The van der Waals surface area contributed by atoms with Crippen LogP contribution in [0.25, 0.3) is 0 Å². The monoisotopic (exact) mass is 187 g/mol. The Kier molecular flexibility index (Phi) is 7.10. The molecule has 7 nitrogen and oxygen atoms in total. The van der Waals surface area contributed by atoms with Crippen molar-refractivity contribution in [2.45, 2.75) is 0 Å². The van der Waals surface area contributed by atoms with E-state index in [2.05, 4.69) is 5.32 Å². The Hall–Kier alpha value is -0.700. The molecule has 0 spiro atoms. The van der Waals surface area contributed by atoms with Crippen molar-refractivity contribution in [1.29, 1.82) is 0 Å². The van der Waals surface area contributed by atoms with Crippen LogP contribution in [0, 0.1) is 0 Å². The predicted octanol–water partition coefficient (Wildman–Crippen LogP) is -1.36. The fraction of sp³-hybridized carbons (Fsp3) is 0.667. The molecule has 0 aromatic carbocycles. The van der Waals surface area contributed by atoms with E-state index < -0.39 is 16.4 Å². The third kappa shape index (κ3) is 93.7. The number of carbonyl (C=O) groups is 1. The Labute approximate surface area is 63.6 Å². The summed E-state index contributed by atoms with van der Waals surface area (Å²) >= 11 is 0. The molecule has 0 unspecified atom stereocenters. The van der Waals surface area contributed by atoms with E-state index in [1.54, 1.807) is 7.05 Å². The van der Waals surface area contributed by atoms with E-state index in [0.29, 0.717) is 0 Å². The third-order valence-corrected chi connectivity index (χ3v) is 0.328. The smallest absolute Gasteiger partial charge is 0.394 e. The fourth-order valence-corrected chi connectivity index (χ4v) is 0.151. The van der Waals surface area contributed by atoms with Gasteiger partial charge in [-0.2, -0.15) is 8.42 Å². The van der Waals surface area contributed by atoms with Crippen molar-refractivity contribution in [2.75, 3.05) is 13.6 Å². The molecule has 4 N–H and O–H groups in total. The van der Waals surface area contributed by atoms with E-state index >= 15 is 0 Å². The number of carboxylic acids is 1. The molecule has 0 atom stereocenters. The first-order chi connectivity index (χ1) is 4.77. The van der Waals surface area contributed by atoms with E-state index in [-0.39, 0.29) is 6.54 Å². The molecule has 0 bridgehead atoms. The average molecular weight is 187 g/mol. The van der Waals surface area contributed by atoms with Gasteiger partial charge in [0.2, 0.25) is 0 Å². The third-order valence-electron chi connectivity index (χ3n) is 0.328. The van der Waals surface area contributed by atoms with Crippen molar-refractivity contribution in [1.82, 2.24) is 5.32 Å². The van der Waals surface area contributed by atoms with Gasteiger partial charge in [0.25, 0.3) is 0 Å². The number of likely N-dealkylation sites (N-methyl/N-ethyl adjacent to an activating group) is 1. The lowest BCUT2D eigenvalue weighted by Gasteiger charge is -1.84. The highest BCUT2D eigenvalue weighted by Gasteiger charge is 1.86. The van der Waals surface area contributed by atoms with Gasteiger partial charge in [-0.15, -0.1) is 0 Å². The van der Waals surface area contributed by atoms with Gasteiger partial charge in [0.05, 0.1) is 6.54 Å². The van der Waals surface area contributed by atoms with Gasteiger partial charge in [0.15, 0.2) is 0 Å². The van der Waals surface area contributed by atoms with Crippen LogP contribution in [0.5, 0.6) is 0 Å². The van der Waals surface area contributed by atoms with E-state index in [4.69, 9.17) is 22.6 Å². The molecule has 0 saturated carbocycles. The highest BCUT2D eigenvalue weighted by atomic mass is 32.3. The van der Waals surface area contributed by atoms with Crippen molar-refractivity contribution in [3.8, 4) is 0 Å². The Balaban J connectivity index is 0. The van der Waals surface area contributed by atoms with Crippen molar-refractivity contribution in [3.05, 3.63) is 0 Å². The zero-order valence-electron chi connectivity index (χ0n) is 5.68. The Morgan fingerprint density at radius 2 is 1.73 bits per heavy atom. The second-order valence-electron chi connectivity index (χ2n) is 1.37. The summed E-state index contributed by atoms with van der Waals surface area (Å²) in [6, 6.07) is 0. The summed E-state index contributed by atoms with van der Waals surface area (Å²) in [5.74, 6) is -0.822. The quantitative estimate of drug-likeness (QED) is 0.393. The molecule has 68 valence electrons. The summed E-state index contributed by atoms with van der Waals surface area (Å²) in [6.45, 7) is 0.0417. The van der Waals surface area contributed by atoms with Gasteiger partial charge in [-0.05, 0) is 7.05 Å². The SMILES string of the molecule is CNCC(=O)O.O=S(=O)(O)O. The highest BCUT2D eigenvalue weighted by molar-refractivity contribution is 7.79. The molecule has 0 radical (unpaired) electrons. The molecule has 8 heteroatoms. The summed E-state index contributed by atoms with van der Waals surface area (Å²) in [5, 5.41) is 10.3. The summed E-state index contributed by atoms with van der Waals surface area (Å²) in [5.41, 5.74) is 0. The first-order valence-electron chi connectivity index (χ1n) is 2.33. The molecular weight excluding hydrogens is 178 g/mol. The van der Waals surface area contributed by atoms with Gasteiger partial charge in [-0.25, -0.2) is 0 Å². The zero-order valence-corrected chi connectivity index (χ0v) is 6.50. The summed E-state index contributed by atoms with van der Waals surface area (Å²) in [7, 11) is -3.08. The number of rotatable bonds is 2. The molecule has 0 saturated heterocycles. The number of hydrogen-bond donors (Lipinski definition) is 4. The topological polar surface area (TPSA) is 124 Å². The molecular formula is C3H9NO6S. The van der Waals surface area contributed by atoms with Crippen LogP contribution in [0.2, 0.25) is 0 Å². The standard InChI is InChI=1S/C3H7NO2.H2O4S/c1-4-2-3(5)6;1-5(2,3)4/h4H,2H2,1H3,(H,5,6);(H2,1,2,3,4). The number of nitrogens with one attached hydrogen (secondary N) is 1. The van der Waals surface area contributed by atoms with E-state index in [1.807, 2.05) is 0 Å². The zero-order chi connectivity index (χ0) is 9.49. The minimum absolute atomic E-state index is 0.0417. The van der Waals surface area contributed by atoms with Crippen LogP contribution in [0.4, 0.5) is 0 Å². The van der Waals surface area contributed by atoms with Crippen molar-refractivity contribution < 1.29 is 27.4 Å². The maximum Gasteiger partial charge on any atom is 0.394 e. The lowest BCUT2D eigenvalue weighted by atomic mass is 10.7. The Bertz CT molecular complexity index is 188. The van der Waals surface area contributed by atoms with Gasteiger partial charge in [0.1, 0.15) is 0 Å². The molecule has 0 aromatic rings. The molecule has 0 aliphatic rings. The largest absolute Gasteiger partial charge is 0.480 e. The van der Waals surface area contributed by atoms with Crippen LogP contribution >= 0.6 is 0 Å². The molecule has 0 fully saturated rings. The fourth-order valence-electron chi connectivity index (χ4n) is 0.151. The number of hydrogen-bond acceptors (Lipinski definition) is 4. The van der Waals surface area contributed by atoms with Gasteiger partial charge >= 0.3 is 16.4 Å².